The van der Waals surface area contributed by atoms with Crippen molar-refractivity contribution in [3.63, 3.8) is 0 Å². The summed E-state index contributed by atoms with van der Waals surface area (Å²) in [5.74, 6) is -1.19. The first-order valence-electron chi connectivity index (χ1n) is 6.07. The number of hydrogen-bond acceptors (Lipinski definition) is 5. The number of carboxylic acids is 1. The Labute approximate surface area is 113 Å². The summed E-state index contributed by atoms with van der Waals surface area (Å²) < 4.78 is 23.1. The molecule has 0 aromatic heterocycles. The van der Waals surface area contributed by atoms with Gasteiger partial charge in [-0.25, -0.2) is 8.42 Å². The van der Waals surface area contributed by atoms with Crippen LogP contribution in [0.5, 0.6) is 0 Å². The van der Waals surface area contributed by atoms with Gasteiger partial charge in [-0.1, -0.05) is 0 Å². The zero-order valence-corrected chi connectivity index (χ0v) is 12.0. The van der Waals surface area contributed by atoms with E-state index in [9.17, 15) is 18.0 Å². The SMILES string of the molecule is CN(C)C(=O)CCN1CCS(=O)(=O)CC1CC(=O)O. The van der Waals surface area contributed by atoms with Gasteiger partial charge in [0.15, 0.2) is 9.84 Å². The molecule has 8 heteroatoms. The van der Waals surface area contributed by atoms with Crippen molar-refractivity contribution in [1.82, 2.24) is 9.80 Å². The number of rotatable bonds is 5. The lowest BCUT2D eigenvalue weighted by atomic mass is 10.2. The summed E-state index contributed by atoms with van der Waals surface area (Å²) in [6, 6.07) is -0.536. The largest absolute Gasteiger partial charge is 0.481 e. The molecule has 0 aliphatic carbocycles. The maximum atomic E-state index is 11.5. The van der Waals surface area contributed by atoms with Crippen LogP contribution in [0.25, 0.3) is 0 Å². The summed E-state index contributed by atoms with van der Waals surface area (Å²) >= 11 is 0. The summed E-state index contributed by atoms with van der Waals surface area (Å²) in [7, 11) is 0.135. The van der Waals surface area contributed by atoms with Crippen molar-refractivity contribution in [2.75, 3.05) is 38.7 Å². The number of sulfone groups is 1. The second kappa shape index (κ2) is 6.33. The number of amides is 1. The molecule has 1 fully saturated rings. The predicted octanol–water partition coefficient (Wildman–Crippen LogP) is -0.962. The van der Waals surface area contributed by atoms with E-state index in [2.05, 4.69) is 0 Å². The van der Waals surface area contributed by atoms with E-state index >= 15 is 0 Å². The fourth-order valence-electron chi connectivity index (χ4n) is 2.07. The highest BCUT2D eigenvalue weighted by atomic mass is 32.2. The van der Waals surface area contributed by atoms with E-state index in [0.717, 1.165) is 0 Å². The van der Waals surface area contributed by atoms with E-state index in [4.69, 9.17) is 5.11 Å². The van der Waals surface area contributed by atoms with Gasteiger partial charge in [-0.2, -0.15) is 0 Å². The second-order valence-electron chi connectivity index (χ2n) is 4.94. The minimum Gasteiger partial charge on any atom is -0.481 e. The molecule has 19 heavy (non-hydrogen) atoms. The Morgan fingerprint density at radius 3 is 2.53 bits per heavy atom. The molecule has 1 saturated heterocycles. The summed E-state index contributed by atoms with van der Waals surface area (Å²) in [6.07, 6.45) is 0.0541. The number of carbonyl (C=O) groups excluding carboxylic acids is 1. The van der Waals surface area contributed by atoms with Gasteiger partial charge in [-0.3, -0.25) is 14.5 Å². The fraction of sp³-hybridized carbons (Fsp3) is 0.818. The summed E-state index contributed by atoms with van der Waals surface area (Å²) in [5, 5.41) is 8.82. The van der Waals surface area contributed by atoms with Crippen LogP contribution in [0.1, 0.15) is 12.8 Å². The summed E-state index contributed by atoms with van der Waals surface area (Å²) in [4.78, 5) is 25.5. The van der Waals surface area contributed by atoms with Crippen LogP contribution in [0.4, 0.5) is 0 Å². The average molecular weight is 292 g/mol. The van der Waals surface area contributed by atoms with Crippen LogP contribution < -0.4 is 0 Å². The highest BCUT2D eigenvalue weighted by Gasteiger charge is 2.32. The minimum atomic E-state index is -3.17. The van der Waals surface area contributed by atoms with Crippen LogP contribution in [-0.2, 0) is 19.4 Å². The smallest absolute Gasteiger partial charge is 0.304 e. The Balaban J connectivity index is 2.63. The van der Waals surface area contributed by atoms with Crippen molar-refractivity contribution >= 4 is 21.7 Å². The van der Waals surface area contributed by atoms with Gasteiger partial charge in [-0.05, 0) is 0 Å². The van der Waals surface area contributed by atoms with Gasteiger partial charge < -0.3 is 10.0 Å². The van der Waals surface area contributed by atoms with E-state index in [1.165, 1.54) is 4.90 Å². The van der Waals surface area contributed by atoms with Crippen molar-refractivity contribution in [3.8, 4) is 0 Å². The van der Waals surface area contributed by atoms with Crippen LogP contribution in [0, 0.1) is 0 Å². The lowest BCUT2D eigenvalue weighted by molar-refractivity contribution is -0.138. The van der Waals surface area contributed by atoms with E-state index < -0.39 is 21.8 Å². The minimum absolute atomic E-state index is 0.0271. The lowest BCUT2D eigenvalue weighted by Gasteiger charge is -2.34. The Hall–Kier alpha value is -1.15. The molecule has 0 bridgehead atoms. The van der Waals surface area contributed by atoms with E-state index in [1.54, 1.807) is 19.0 Å². The third-order valence-electron chi connectivity index (χ3n) is 3.17. The van der Waals surface area contributed by atoms with E-state index in [0.29, 0.717) is 13.1 Å². The van der Waals surface area contributed by atoms with Crippen LogP contribution in [-0.4, -0.2) is 79.9 Å². The molecule has 1 unspecified atom stereocenters. The van der Waals surface area contributed by atoms with Crippen molar-refractivity contribution < 1.29 is 23.1 Å². The van der Waals surface area contributed by atoms with E-state index in [-0.39, 0.29) is 30.3 Å². The zero-order valence-electron chi connectivity index (χ0n) is 11.2. The maximum absolute atomic E-state index is 11.5. The third kappa shape index (κ3) is 5.15. The van der Waals surface area contributed by atoms with Gasteiger partial charge >= 0.3 is 5.97 Å². The van der Waals surface area contributed by atoms with Gasteiger partial charge in [0, 0.05) is 39.6 Å². The standard InChI is InChI=1S/C11H20N2O5S/c1-12(2)10(14)3-4-13-5-6-19(17,18)8-9(13)7-11(15)16/h9H,3-8H2,1-2H3,(H,15,16). The molecule has 1 rings (SSSR count). The quantitative estimate of drug-likeness (QED) is 0.701. The Morgan fingerprint density at radius 2 is 2.00 bits per heavy atom. The fourth-order valence-corrected chi connectivity index (χ4v) is 3.66. The van der Waals surface area contributed by atoms with Gasteiger partial charge in [0.25, 0.3) is 0 Å². The van der Waals surface area contributed by atoms with Crippen LogP contribution in [0.3, 0.4) is 0 Å². The van der Waals surface area contributed by atoms with E-state index in [1.807, 2.05) is 0 Å². The Bertz CT molecular complexity index is 446. The van der Waals surface area contributed by atoms with Crippen LogP contribution in [0.15, 0.2) is 0 Å². The molecule has 0 aromatic carbocycles. The Morgan fingerprint density at radius 1 is 1.37 bits per heavy atom. The zero-order chi connectivity index (χ0) is 14.6. The predicted molar refractivity (Wildman–Crippen MR) is 69.6 cm³/mol. The molecule has 110 valence electrons. The van der Waals surface area contributed by atoms with Crippen molar-refractivity contribution in [2.24, 2.45) is 0 Å². The number of carbonyl (C=O) groups is 2. The molecule has 1 amide bonds. The maximum Gasteiger partial charge on any atom is 0.304 e. The molecule has 1 aliphatic rings. The third-order valence-corrected chi connectivity index (χ3v) is 4.87. The molecule has 0 aromatic rings. The second-order valence-corrected chi connectivity index (χ2v) is 7.17. The first kappa shape index (κ1) is 15.9. The molecule has 1 aliphatic heterocycles. The first-order valence-corrected chi connectivity index (χ1v) is 7.90. The average Bonchev–Trinajstić information content (AvgIpc) is 2.25. The molecular weight excluding hydrogens is 272 g/mol. The van der Waals surface area contributed by atoms with Crippen molar-refractivity contribution in [2.45, 2.75) is 18.9 Å². The first-order chi connectivity index (χ1) is 8.71. The van der Waals surface area contributed by atoms with Gasteiger partial charge in [0.2, 0.25) is 5.91 Å². The molecule has 7 nitrogen and oxygen atoms in total. The van der Waals surface area contributed by atoms with Crippen LogP contribution >= 0.6 is 0 Å². The molecule has 0 saturated carbocycles. The highest BCUT2D eigenvalue weighted by molar-refractivity contribution is 7.91. The number of hydrogen-bond donors (Lipinski definition) is 1. The Kier molecular flexibility index (Phi) is 5.30. The normalized spacial score (nSPS) is 22.9. The summed E-state index contributed by atoms with van der Waals surface area (Å²) in [5.41, 5.74) is 0. The van der Waals surface area contributed by atoms with Crippen molar-refractivity contribution in [1.29, 1.82) is 0 Å². The number of aliphatic carboxylic acids is 1. The molecule has 1 N–H and O–H groups in total. The molecular formula is C11H20N2O5S. The number of nitrogens with zero attached hydrogens (tertiary/aromatic N) is 2. The molecule has 0 spiro atoms. The molecule has 0 radical (unpaired) electrons. The van der Waals surface area contributed by atoms with Crippen molar-refractivity contribution in [3.05, 3.63) is 0 Å². The summed E-state index contributed by atoms with van der Waals surface area (Å²) in [6.45, 7) is 0.686. The van der Waals surface area contributed by atoms with Gasteiger partial charge in [-0.15, -0.1) is 0 Å². The topological polar surface area (TPSA) is 95.0 Å². The van der Waals surface area contributed by atoms with Crippen LogP contribution in [0.2, 0.25) is 0 Å². The lowest BCUT2D eigenvalue weighted by Crippen LogP contribution is -2.50. The number of carboxylic acid groups (broad SMARTS) is 1. The monoisotopic (exact) mass is 292 g/mol. The molecule has 1 atom stereocenters. The molecule has 1 heterocycles. The van der Waals surface area contributed by atoms with Gasteiger partial charge in [0.1, 0.15) is 0 Å². The highest BCUT2D eigenvalue weighted by Crippen LogP contribution is 2.15. The van der Waals surface area contributed by atoms with Gasteiger partial charge in [0.05, 0.1) is 17.9 Å².